The van der Waals surface area contributed by atoms with E-state index in [4.69, 9.17) is 18.9 Å². The highest BCUT2D eigenvalue weighted by Gasteiger charge is 2.31. The zero-order valence-corrected chi connectivity index (χ0v) is 17.3. The largest absolute Gasteiger partial charge is 0.493 e. The summed E-state index contributed by atoms with van der Waals surface area (Å²) in [6.45, 7) is 1.38. The molecule has 0 spiro atoms. The van der Waals surface area contributed by atoms with Crippen LogP contribution < -0.4 is 19.5 Å². The van der Waals surface area contributed by atoms with Crippen LogP contribution in [-0.4, -0.2) is 57.3 Å². The molecule has 1 N–H and O–H groups in total. The van der Waals surface area contributed by atoms with Crippen molar-refractivity contribution in [3.63, 3.8) is 0 Å². The van der Waals surface area contributed by atoms with E-state index in [0.29, 0.717) is 42.6 Å². The van der Waals surface area contributed by atoms with Crippen molar-refractivity contribution >= 4 is 17.5 Å². The maximum absolute atomic E-state index is 12.8. The molecule has 30 heavy (non-hydrogen) atoms. The number of hydrogen-bond acceptors (Lipinski definition) is 6. The number of nitrogens with zero attached hydrogens (tertiary/aromatic N) is 1. The minimum atomic E-state index is -0.815. The fourth-order valence-corrected chi connectivity index (χ4v) is 3.33. The van der Waals surface area contributed by atoms with Crippen LogP contribution in [0.3, 0.4) is 0 Å². The smallest absolute Gasteiger partial charge is 0.252 e. The molecule has 0 radical (unpaired) electrons. The molecule has 1 aliphatic heterocycles. The van der Waals surface area contributed by atoms with Gasteiger partial charge in [0.2, 0.25) is 11.7 Å². The van der Waals surface area contributed by atoms with Crippen molar-refractivity contribution in [2.45, 2.75) is 19.1 Å². The molecule has 1 saturated heterocycles. The molecule has 0 saturated carbocycles. The fourth-order valence-electron chi connectivity index (χ4n) is 3.33. The summed E-state index contributed by atoms with van der Waals surface area (Å²) >= 11 is 0. The summed E-state index contributed by atoms with van der Waals surface area (Å²) < 4.78 is 21.4. The lowest BCUT2D eigenvalue weighted by Crippen LogP contribution is -2.48. The summed E-state index contributed by atoms with van der Waals surface area (Å²) in [6.07, 6.45) is -0.898. The van der Waals surface area contributed by atoms with Gasteiger partial charge in [0.05, 0.1) is 34.4 Å². The van der Waals surface area contributed by atoms with Gasteiger partial charge in [-0.3, -0.25) is 9.59 Å². The number of hydrogen-bond donors (Lipinski definition) is 1. The van der Waals surface area contributed by atoms with Gasteiger partial charge in [0, 0.05) is 30.9 Å². The molecule has 2 aromatic carbocycles. The molecule has 8 heteroatoms. The first kappa shape index (κ1) is 21.4. The van der Waals surface area contributed by atoms with Gasteiger partial charge < -0.3 is 29.2 Å². The molecule has 1 heterocycles. The zero-order valence-electron chi connectivity index (χ0n) is 17.3. The number of carbonyl (C=O) groups is 2. The Morgan fingerprint density at radius 1 is 1.10 bits per heavy atom. The molecular weight excluding hydrogens is 388 g/mol. The van der Waals surface area contributed by atoms with Crippen LogP contribution in [0.2, 0.25) is 0 Å². The zero-order chi connectivity index (χ0) is 21.5. The van der Waals surface area contributed by atoms with Gasteiger partial charge in [0.1, 0.15) is 6.10 Å². The topological polar surface area (TPSA) is 86.3 Å². The second-order valence-corrected chi connectivity index (χ2v) is 6.77. The predicted octanol–water partition coefficient (Wildman–Crippen LogP) is 2.47. The third-order valence-corrected chi connectivity index (χ3v) is 4.80. The molecule has 0 aliphatic carbocycles. The standard InChI is InChI=1S/C22H26N2O6/c1-27-17-11-16(12-18(28-2)21(17)29-3)23-20(25)13-19-22(26)24(9-10-30-19)14-15-7-5-4-6-8-15/h4-8,11-12,19H,9-10,13-14H2,1-3H3,(H,23,25). The van der Waals surface area contributed by atoms with Gasteiger partial charge in [-0.2, -0.15) is 0 Å². The molecule has 0 bridgehead atoms. The van der Waals surface area contributed by atoms with Crippen LogP contribution in [-0.2, 0) is 20.9 Å². The number of methoxy groups -OCH3 is 3. The van der Waals surface area contributed by atoms with Crippen molar-refractivity contribution in [2.24, 2.45) is 0 Å². The van der Waals surface area contributed by atoms with E-state index in [2.05, 4.69) is 5.32 Å². The Hall–Kier alpha value is -3.26. The van der Waals surface area contributed by atoms with E-state index in [1.54, 1.807) is 17.0 Å². The highest BCUT2D eigenvalue weighted by molar-refractivity contribution is 5.95. The van der Waals surface area contributed by atoms with Gasteiger partial charge in [-0.05, 0) is 5.56 Å². The Balaban J connectivity index is 1.65. The second kappa shape index (κ2) is 9.98. The third kappa shape index (κ3) is 5.01. The maximum Gasteiger partial charge on any atom is 0.252 e. The number of rotatable bonds is 8. The molecule has 0 aromatic heterocycles. The third-order valence-electron chi connectivity index (χ3n) is 4.80. The van der Waals surface area contributed by atoms with Crippen LogP contribution in [0, 0.1) is 0 Å². The lowest BCUT2D eigenvalue weighted by Gasteiger charge is -2.32. The van der Waals surface area contributed by atoms with Crippen molar-refractivity contribution in [3.05, 3.63) is 48.0 Å². The first-order valence-corrected chi connectivity index (χ1v) is 9.60. The Morgan fingerprint density at radius 2 is 1.77 bits per heavy atom. The van der Waals surface area contributed by atoms with Gasteiger partial charge in [-0.25, -0.2) is 0 Å². The molecule has 1 fully saturated rings. The van der Waals surface area contributed by atoms with Crippen LogP contribution in [0.15, 0.2) is 42.5 Å². The highest BCUT2D eigenvalue weighted by Crippen LogP contribution is 2.40. The number of benzene rings is 2. The first-order valence-electron chi connectivity index (χ1n) is 9.60. The number of morpholine rings is 1. The molecular formula is C22H26N2O6. The van der Waals surface area contributed by atoms with Crippen LogP contribution in [0.25, 0.3) is 0 Å². The fraction of sp³-hybridized carbons (Fsp3) is 0.364. The van der Waals surface area contributed by atoms with E-state index in [1.807, 2.05) is 30.3 Å². The number of nitrogens with one attached hydrogen (secondary N) is 1. The van der Waals surface area contributed by atoms with Crippen molar-refractivity contribution in [3.8, 4) is 17.2 Å². The first-order chi connectivity index (χ1) is 14.5. The summed E-state index contributed by atoms with van der Waals surface area (Å²) in [7, 11) is 4.50. The van der Waals surface area contributed by atoms with Crippen LogP contribution in [0.4, 0.5) is 5.69 Å². The van der Waals surface area contributed by atoms with Gasteiger partial charge in [-0.15, -0.1) is 0 Å². The average Bonchev–Trinajstić information content (AvgIpc) is 2.76. The number of amides is 2. The van der Waals surface area contributed by atoms with E-state index in [9.17, 15) is 9.59 Å². The van der Waals surface area contributed by atoms with Crippen molar-refractivity contribution in [1.82, 2.24) is 4.90 Å². The molecule has 2 amide bonds. The number of anilines is 1. The molecule has 1 atom stereocenters. The molecule has 160 valence electrons. The van der Waals surface area contributed by atoms with Crippen molar-refractivity contribution in [2.75, 3.05) is 39.8 Å². The van der Waals surface area contributed by atoms with Crippen LogP contribution >= 0.6 is 0 Å². The summed E-state index contributed by atoms with van der Waals surface area (Å²) in [5.41, 5.74) is 1.51. The van der Waals surface area contributed by atoms with Crippen LogP contribution in [0.5, 0.6) is 17.2 Å². The predicted molar refractivity (Wildman–Crippen MR) is 111 cm³/mol. The van der Waals surface area contributed by atoms with Crippen molar-refractivity contribution in [1.29, 1.82) is 0 Å². The Labute approximate surface area is 175 Å². The average molecular weight is 414 g/mol. The number of carbonyl (C=O) groups excluding carboxylic acids is 2. The van der Waals surface area contributed by atoms with E-state index in [1.165, 1.54) is 21.3 Å². The van der Waals surface area contributed by atoms with E-state index in [-0.39, 0.29) is 18.2 Å². The monoisotopic (exact) mass is 414 g/mol. The Bertz CT molecular complexity index is 861. The lowest BCUT2D eigenvalue weighted by atomic mass is 10.1. The quantitative estimate of drug-likeness (QED) is 0.714. The second-order valence-electron chi connectivity index (χ2n) is 6.77. The summed E-state index contributed by atoms with van der Waals surface area (Å²) in [6, 6.07) is 13.0. The number of ether oxygens (including phenoxy) is 4. The van der Waals surface area contributed by atoms with E-state index < -0.39 is 6.10 Å². The Kier molecular flexibility index (Phi) is 7.13. The van der Waals surface area contributed by atoms with Gasteiger partial charge >= 0.3 is 0 Å². The molecule has 1 unspecified atom stereocenters. The highest BCUT2D eigenvalue weighted by atomic mass is 16.5. The molecule has 2 aromatic rings. The van der Waals surface area contributed by atoms with Crippen LogP contribution in [0.1, 0.15) is 12.0 Å². The van der Waals surface area contributed by atoms with Crippen molar-refractivity contribution < 1.29 is 28.5 Å². The van der Waals surface area contributed by atoms with Gasteiger partial charge in [0.15, 0.2) is 11.5 Å². The maximum atomic E-state index is 12.8. The minimum absolute atomic E-state index is 0.0826. The van der Waals surface area contributed by atoms with Gasteiger partial charge in [0.25, 0.3) is 5.91 Å². The molecule has 3 rings (SSSR count). The normalized spacial score (nSPS) is 16.2. The summed E-state index contributed by atoms with van der Waals surface area (Å²) in [4.78, 5) is 27.1. The summed E-state index contributed by atoms with van der Waals surface area (Å²) in [5.74, 6) is 0.743. The van der Waals surface area contributed by atoms with Gasteiger partial charge in [-0.1, -0.05) is 30.3 Å². The molecule has 1 aliphatic rings. The van der Waals surface area contributed by atoms with E-state index in [0.717, 1.165) is 5.56 Å². The van der Waals surface area contributed by atoms with E-state index >= 15 is 0 Å². The summed E-state index contributed by atoms with van der Waals surface area (Å²) in [5, 5.41) is 2.77. The molecule has 8 nitrogen and oxygen atoms in total. The SMILES string of the molecule is COc1cc(NC(=O)CC2OCCN(Cc3ccccc3)C2=O)cc(OC)c1OC. The lowest BCUT2D eigenvalue weighted by molar-refractivity contribution is -0.155. The Morgan fingerprint density at radius 3 is 2.37 bits per heavy atom. The minimum Gasteiger partial charge on any atom is -0.493 e.